The molecule has 0 aromatic carbocycles. The average molecular weight is 615 g/mol. The molecule has 6 unspecified atom stereocenters. The molecule has 8 N–H and O–H groups in total. The number of ether oxygens (including phenoxy) is 2. The van der Waals surface area contributed by atoms with Crippen molar-refractivity contribution in [2.45, 2.75) is 147 Å². The summed E-state index contributed by atoms with van der Waals surface area (Å²) < 4.78 is 11.4. The molecule has 0 aromatic rings. The van der Waals surface area contributed by atoms with Gasteiger partial charge in [-0.15, -0.1) is 0 Å². The largest absolute Gasteiger partial charge is 0.479 e. The third-order valence-electron chi connectivity index (χ3n) is 13.1. The lowest BCUT2D eigenvalue weighted by atomic mass is 9.43. The molecule has 1 saturated heterocycles. The molecule has 18 atom stereocenters. The highest BCUT2D eigenvalue weighted by atomic mass is 16.7. The third-order valence-corrected chi connectivity index (χ3v) is 13.1. The van der Waals surface area contributed by atoms with E-state index in [0.717, 1.165) is 25.7 Å². The van der Waals surface area contributed by atoms with E-state index in [0.29, 0.717) is 32.1 Å². The number of fused-ring (bicyclic) bond motifs is 5. The molecule has 4 saturated carbocycles. The Morgan fingerprint density at radius 1 is 0.907 bits per heavy atom. The maximum atomic E-state index is 11.8. The highest BCUT2D eigenvalue weighted by Crippen LogP contribution is 2.68. The predicted octanol–water partition coefficient (Wildman–Crippen LogP) is 1.02. The Kier molecular flexibility index (Phi) is 9.63. The van der Waals surface area contributed by atoms with Crippen molar-refractivity contribution in [3.05, 3.63) is 0 Å². The molecule has 0 amide bonds. The molecule has 1 aliphatic heterocycles. The number of hydrogen-bond acceptors (Lipinski definition) is 10. The Morgan fingerprint density at radius 2 is 1.60 bits per heavy atom. The van der Waals surface area contributed by atoms with Gasteiger partial charge in [0.1, 0.15) is 18.3 Å². The lowest BCUT2D eigenvalue weighted by Crippen LogP contribution is -2.63. The molecule has 43 heavy (non-hydrogen) atoms. The van der Waals surface area contributed by atoms with Crippen LogP contribution in [0.3, 0.4) is 0 Å². The normalized spacial score (nSPS) is 51.9. The van der Waals surface area contributed by atoms with Crippen LogP contribution in [0.25, 0.3) is 0 Å². The van der Waals surface area contributed by atoms with Crippen molar-refractivity contribution in [2.75, 3.05) is 0 Å². The minimum absolute atomic E-state index is 0.0730. The minimum atomic E-state index is -1.77. The van der Waals surface area contributed by atoms with Crippen molar-refractivity contribution in [2.24, 2.45) is 46.3 Å². The highest BCUT2D eigenvalue weighted by molar-refractivity contribution is 5.73. The van der Waals surface area contributed by atoms with Crippen LogP contribution in [0.5, 0.6) is 0 Å². The fourth-order valence-corrected chi connectivity index (χ4v) is 10.5. The highest BCUT2D eigenvalue weighted by Gasteiger charge is 2.66. The molecule has 1 heterocycles. The van der Waals surface area contributed by atoms with E-state index in [4.69, 9.17) is 9.47 Å². The second-order valence-electron chi connectivity index (χ2n) is 15.2. The van der Waals surface area contributed by atoms with E-state index in [-0.39, 0.29) is 52.4 Å². The molecule has 0 radical (unpaired) electrons. The maximum Gasteiger partial charge on any atom is 0.335 e. The smallest absolute Gasteiger partial charge is 0.335 e. The SMILES string of the molecule is CC(O)C(O)CC[C@@H](C)[C@H]1CC[C@H]2[C@@H]3C(O)C[C@@H]4CC(OC5O[C@H](C(=O)O)[C@@H](O)[C@H](O)[C@H]5O)CC[C@]4(C)[C@H]3CC(O)[C@]12C. The van der Waals surface area contributed by atoms with Crippen LogP contribution in [0.1, 0.15) is 85.5 Å². The molecule has 11 heteroatoms. The molecular formula is C32H54O11. The van der Waals surface area contributed by atoms with Crippen LogP contribution < -0.4 is 0 Å². The molecule has 0 bridgehead atoms. The van der Waals surface area contributed by atoms with Crippen molar-refractivity contribution >= 4 is 5.97 Å². The van der Waals surface area contributed by atoms with Gasteiger partial charge in [0.2, 0.25) is 0 Å². The number of carboxylic acids is 1. The Balaban J connectivity index is 1.28. The summed E-state index contributed by atoms with van der Waals surface area (Å²) in [5.74, 6) is -0.443. The number of aliphatic hydroxyl groups is 7. The second kappa shape index (κ2) is 12.4. The van der Waals surface area contributed by atoms with Crippen LogP contribution >= 0.6 is 0 Å². The van der Waals surface area contributed by atoms with Crippen molar-refractivity contribution in [1.82, 2.24) is 0 Å². The summed E-state index contributed by atoms with van der Waals surface area (Å²) in [5.41, 5.74) is -0.468. The van der Waals surface area contributed by atoms with Crippen LogP contribution in [-0.2, 0) is 14.3 Å². The van der Waals surface area contributed by atoms with Gasteiger partial charge in [0.15, 0.2) is 12.4 Å². The zero-order valence-electron chi connectivity index (χ0n) is 25.9. The number of rotatable bonds is 8. The quantitative estimate of drug-likeness (QED) is 0.182. The topological polar surface area (TPSA) is 197 Å². The van der Waals surface area contributed by atoms with Gasteiger partial charge in [-0.25, -0.2) is 4.79 Å². The van der Waals surface area contributed by atoms with Crippen LogP contribution in [0.4, 0.5) is 0 Å². The Morgan fingerprint density at radius 3 is 2.26 bits per heavy atom. The molecule has 5 aliphatic rings. The van der Waals surface area contributed by atoms with Gasteiger partial charge in [0, 0.05) is 0 Å². The number of carbonyl (C=O) groups is 1. The molecule has 11 nitrogen and oxygen atoms in total. The Bertz CT molecular complexity index is 994. The summed E-state index contributed by atoms with van der Waals surface area (Å²) in [6.07, 6.45) is -4.78. The number of carboxylic acid groups (broad SMARTS) is 1. The van der Waals surface area contributed by atoms with E-state index in [2.05, 4.69) is 20.8 Å². The summed E-state index contributed by atoms with van der Waals surface area (Å²) in [4.78, 5) is 11.5. The van der Waals surface area contributed by atoms with Gasteiger partial charge in [-0.2, -0.15) is 0 Å². The standard InChI is InChI=1S/C32H54O11/c1-14(5-8-21(34)15(2)33)18-6-7-19-24-20(13-23(36)32(18,19)4)31(3)10-9-17(11-16(31)12-22(24)35)42-30-27(39)25(37)26(38)28(43-30)29(40)41/h14-28,30,33-39H,5-13H2,1-4H3,(H,40,41)/t14-,15?,16+,17?,18-,19+,20+,21?,22?,23?,24+,25+,26+,27-,28+,30?,31+,32-/m1/s1. The van der Waals surface area contributed by atoms with E-state index in [9.17, 15) is 45.6 Å². The van der Waals surface area contributed by atoms with Crippen molar-refractivity contribution in [1.29, 1.82) is 0 Å². The first-order chi connectivity index (χ1) is 20.1. The van der Waals surface area contributed by atoms with E-state index < -0.39 is 61.1 Å². The fourth-order valence-electron chi connectivity index (χ4n) is 10.5. The summed E-state index contributed by atoms with van der Waals surface area (Å²) in [6.45, 7) is 8.26. The predicted molar refractivity (Wildman–Crippen MR) is 153 cm³/mol. The fraction of sp³-hybridized carbons (Fsp3) is 0.969. The van der Waals surface area contributed by atoms with Crippen molar-refractivity contribution < 1.29 is 55.1 Å². The van der Waals surface area contributed by atoms with Gasteiger partial charge in [-0.1, -0.05) is 20.8 Å². The number of aliphatic carboxylic acids is 1. The number of aliphatic hydroxyl groups excluding tert-OH is 7. The lowest BCUT2D eigenvalue weighted by molar-refractivity contribution is -0.310. The van der Waals surface area contributed by atoms with Crippen LogP contribution in [-0.4, -0.2) is 108 Å². The van der Waals surface area contributed by atoms with E-state index >= 15 is 0 Å². The summed E-state index contributed by atoms with van der Waals surface area (Å²) in [6, 6.07) is 0. The van der Waals surface area contributed by atoms with Gasteiger partial charge in [-0.3, -0.25) is 0 Å². The molecule has 4 aliphatic carbocycles. The first-order valence-electron chi connectivity index (χ1n) is 16.4. The molecule has 5 fully saturated rings. The van der Waals surface area contributed by atoms with E-state index in [1.807, 2.05) is 0 Å². The maximum absolute atomic E-state index is 11.8. The van der Waals surface area contributed by atoms with Gasteiger partial charge in [0.25, 0.3) is 0 Å². The molecule has 0 aromatic heterocycles. The van der Waals surface area contributed by atoms with Crippen LogP contribution in [0.2, 0.25) is 0 Å². The zero-order chi connectivity index (χ0) is 31.6. The number of hydrogen-bond donors (Lipinski definition) is 8. The van der Waals surface area contributed by atoms with E-state index in [1.165, 1.54) is 0 Å². The van der Waals surface area contributed by atoms with E-state index in [1.54, 1.807) is 6.92 Å². The lowest BCUT2D eigenvalue weighted by Gasteiger charge is -2.63. The van der Waals surface area contributed by atoms with Crippen LogP contribution in [0.15, 0.2) is 0 Å². The van der Waals surface area contributed by atoms with Crippen molar-refractivity contribution in [3.8, 4) is 0 Å². The third kappa shape index (κ3) is 5.69. The Hall–Kier alpha value is -0.890. The van der Waals surface area contributed by atoms with Gasteiger partial charge in [-0.05, 0) is 111 Å². The summed E-state index contributed by atoms with van der Waals surface area (Å²) >= 11 is 0. The molecule has 248 valence electrons. The van der Waals surface area contributed by atoms with Gasteiger partial charge in [0.05, 0.1) is 30.5 Å². The van der Waals surface area contributed by atoms with Crippen LogP contribution in [0, 0.1) is 46.3 Å². The monoisotopic (exact) mass is 614 g/mol. The molecular weight excluding hydrogens is 560 g/mol. The first-order valence-corrected chi connectivity index (χ1v) is 16.4. The van der Waals surface area contributed by atoms with Crippen molar-refractivity contribution in [3.63, 3.8) is 0 Å². The zero-order valence-corrected chi connectivity index (χ0v) is 25.9. The average Bonchev–Trinajstić information content (AvgIpc) is 3.31. The minimum Gasteiger partial charge on any atom is -0.479 e. The molecule has 0 spiro atoms. The summed E-state index contributed by atoms with van der Waals surface area (Å²) in [5, 5.41) is 83.5. The first kappa shape index (κ1) is 33.5. The van der Waals surface area contributed by atoms with Gasteiger partial charge < -0.3 is 50.3 Å². The van der Waals surface area contributed by atoms with Gasteiger partial charge >= 0.3 is 5.97 Å². The molecule has 5 rings (SSSR count). The summed E-state index contributed by atoms with van der Waals surface area (Å²) in [7, 11) is 0. The second-order valence-corrected chi connectivity index (χ2v) is 15.2. The Labute approximate surface area is 254 Å².